The van der Waals surface area contributed by atoms with E-state index < -0.39 is 16.6 Å². The molecule has 0 fully saturated rings. The van der Waals surface area contributed by atoms with E-state index in [0.29, 0.717) is 6.26 Å². The van der Waals surface area contributed by atoms with Crippen LogP contribution in [-0.2, 0) is 10.0 Å². The van der Waals surface area contributed by atoms with E-state index in [4.69, 9.17) is 0 Å². The number of hydrogen-bond acceptors (Lipinski definition) is 2. The van der Waals surface area contributed by atoms with Crippen molar-refractivity contribution < 1.29 is 17.2 Å². The fourth-order valence-corrected chi connectivity index (χ4v) is 0.420. The van der Waals surface area contributed by atoms with Gasteiger partial charge in [0.15, 0.2) is 0 Å². The summed E-state index contributed by atoms with van der Waals surface area (Å²) in [6.45, 7) is -2.31. The highest BCUT2D eigenvalue weighted by Crippen LogP contribution is 1.96. The second-order valence-corrected chi connectivity index (χ2v) is 2.88. The molecule has 0 aliphatic rings. The molecule has 0 unspecified atom stereocenters. The van der Waals surface area contributed by atoms with Crippen LogP contribution in [0.3, 0.4) is 0 Å². The molecule has 1 radical (unpaired) electrons. The minimum atomic E-state index is -3.76. The smallest absolute Gasteiger partial charge is 0.213 e. The van der Waals surface area contributed by atoms with Crippen LogP contribution in [-0.4, -0.2) is 14.7 Å². The molecule has 8 heavy (non-hydrogen) atoms. The Balaban J connectivity index is 3.75. The average Bonchev–Trinajstić information content (AvgIpc) is 1.21. The number of nitrogens with one attached hydrogen (secondary N) is 1. The number of sulfonamides is 1. The summed E-state index contributed by atoms with van der Waals surface area (Å²) in [5.41, 5.74) is 0. The molecule has 0 aliphatic carbocycles. The summed E-state index contributed by atoms with van der Waals surface area (Å²) in [5.74, 6) is 0. The zero-order valence-corrected chi connectivity index (χ0v) is 4.80. The van der Waals surface area contributed by atoms with Crippen molar-refractivity contribution in [3.05, 3.63) is 6.55 Å². The normalized spacial score (nSPS) is 12.5. The molecule has 6 heteroatoms. The highest BCUT2D eigenvalue weighted by Gasteiger charge is 2.10. The van der Waals surface area contributed by atoms with Gasteiger partial charge < -0.3 is 0 Å². The summed E-state index contributed by atoms with van der Waals surface area (Å²) in [4.78, 5) is 0. The topological polar surface area (TPSA) is 46.2 Å². The summed E-state index contributed by atoms with van der Waals surface area (Å²) in [7, 11) is -3.76. The molecule has 0 saturated carbocycles. The molecule has 49 valence electrons. The summed E-state index contributed by atoms with van der Waals surface area (Å²) in [6.07, 6.45) is 0.645. The van der Waals surface area contributed by atoms with Crippen LogP contribution >= 0.6 is 0 Å². The van der Waals surface area contributed by atoms with Crippen molar-refractivity contribution in [2.24, 2.45) is 0 Å². The Labute approximate surface area is 45.7 Å². The van der Waals surface area contributed by atoms with Gasteiger partial charge in [0.1, 0.15) is 0 Å². The Morgan fingerprint density at radius 3 is 1.88 bits per heavy atom. The lowest BCUT2D eigenvalue weighted by atomic mass is 11.4. The van der Waals surface area contributed by atoms with Gasteiger partial charge in [0.25, 0.3) is 0 Å². The maximum atomic E-state index is 11.0. The molecule has 1 N–H and O–H groups in total. The second-order valence-electron chi connectivity index (χ2n) is 1.13. The lowest BCUT2D eigenvalue weighted by Gasteiger charge is -1.93. The Morgan fingerprint density at radius 1 is 1.50 bits per heavy atom. The van der Waals surface area contributed by atoms with Gasteiger partial charge in [-0.25, -0.2) is 8.42 Å². The van der Waals surface area contributed by atoms with Crippen molar-refractivity contribution in [3.8, 4) is 0 Å². The van der Waals surface area contributed by atoms with Crippen LogP contribution in [0.1, 0.15) is 0 Å². The van der Waals surface area contributed by atoms with Gasteiger partial charge >= 0.3 is 6.55 Å². The highest BCUT2D eigenvalue weighted by atomic mass is 32.2. The quantitative estimate of drug-likeness (QED) is 0.551. The van der Waals surface area contributed by atoms with Gasteiger partial charge in [0, 0.05) is 0 Å². The van der Waals surface area contributed by atoms with Crippen molar-refractivity contribution >= 4 is 10.0 Å². The first-order valence-electron chi connectivity index (χ1n) is 1.57. The van der Waals surface area contributed by atoms with E-state index in [9.17, 15) is 17.2 Å². The third kappa shape index (κ3) is 5.77. The molecule has 0 saturated heterocycles. The van der Waals surface area contributed by atoms with Gasteiger partial charge in [-0.05, 0) is 0 Å². The molecule has 0 aliphatic heterocycles. The molecule has 0 amide bonds. The van der Waals surface area contributed by atoms with E-state index in [1.54, 1.807) is 0 Å². The SMILES string of the molecule is CS(=O)(=O)N[C](F)F. The van der Waals surface area contributed by atoms with Crippen LogP contribution in [0.15, 0.2) is 0 Å². The molecule has 0 aromatic heterocycles. The lowest BCUT2D eigenvalue weighted by Crippen LogP contribution is -2.21. The van der Waals surface area contributed by atoms with Crippen LogP contribution in [0.4, 0.5) is 8.78 Å². The van der Waals surface area contributed by atoms with Gasteiger partial charge in [-0.15, -0.1) is 4.72 Å². The molecular weight excluding hydrogens is 140 g/mol. The number of rotatable bonds is 2. The zero-order chi connectivity index (χ0) is 6.78. The van der Waals surface area contributed by atoms with Gasteiger partial charge in [-0.2, -0.15) is 8.78 Å². The van der Waals surface area contributed by atoms with Gasteiger partial charge in [0.05, 0.1) is 6.26 Å². The standard InChI is InChI=1S/C2H4F2NO2S/c1-8(6,7)5-2(3)4/h5H,1H3. The van der Waals surface area contributed by atoms with Crippen LogP contribution in [0.25, 0.3) is 0 Å². The minimum Gasteiger partial charge on any atom is -0.213 e. The largest absolute Gasteiger partial charge is 0.393 e. The molecule has 0 bridgehead atoms. The fraction of sp³-hybridized carbons (Fsp3) is 0.500. The Kier molecular flexibility index (Phi) is 2.29. The second kappa shape index (κ2) is 2.36. The van der Waals surface area contributed by atoms with Crippen LogP contribution in [0, 0.1) is 6.55 Å². The first kappa shape index (κ1) is 7.77. The van der Waals surface area contributed by atoms with Crippen molar-refractivity contribution in [1.29, 1.82) is 0 Å². The molecule has 0 aromatic carbocycles. The predicted octanol–water partition coefficient (Wildman–Crippen LogP) is -0.0784. The molecule has 0 spiro atoms. The van der Waals surface area contributed by atoms with E-state index in [-0.39, 0.29) is 0 Å². The fourth-order valence-electron chi connectivity index (χ4n) is 0.140. The molecule has 0 heterocycles. The maximum absolute atomic E-state index is 11.0. The summed E-state index contributed by atoms with van der Waals surface area (Å²) >= 11 is 0. The maximum Gasteiger partial charge on any atom is 0.393 e. The molecule has 3 nitrogen and oxygen atoms in total. The van der Waals surface area contributed by atoms with E-state index >= 15 is 0 Å². The molecular formula is C2H4F2NO2S. The third-order valence-electron chi connectivity index (χ3n) is 0.263. The zero-order valence-electron chi connectivity index (χ0n) is 3.98. The summed E-state index contributed by atoms with van der Waals surface area (Å²) < 4.78 is 42.5. The molecule has 0 atom stereocenters. The Morgan fingerprint density at radius 2 is 1.88 bits per heavy atom. The van der Waals surface area contributed by atoms with E-state index in [0.717, 1.165) is 4.72 Å². The average molecular weight is 144 g/mol. The predicted molar refractivity (Wildman–Crippen MR) is 23.4 cm³/mol. The Bertz CT molecular complexity index is 151. The van der Waals surface area contributed by atoms with E-state index in [1.165, 1.54) is 0 Å². The van der Waals surface area contributed by atoms with Crippen molar-refractivity contribution in [1.82, 2.24) is 4.72 Å². The van der Waals surface area contributed by atoms with E-state index in [1.807, 2.05) is 0 Å². The molecule has 0 rings (SSSR count). The Hall–Kier alpha value is -0.230. The first-order chi connectivity index (χ1) is 3.42. The highest BCUT2D eigenvalue weighted by molar-refractivity contribution is 7.88. The van der Waals surface area contributed by atoms with Gasteiger partial charge in [-0.1, -0.05) is 0 Å². The lowest BCUT2D eigenvalue weighted by molar-refractivity contribution is 0.270. The molecule has 0 aromatic rings. The monoisotopic (exact) mass is 144 g/mol. The van der Waals surface area contributed by atoms with Crippen LogP contribution < -0.4 is 4.72 Å². The number of halogens is 2. The van der Waals surface area contributed by atoms with Gasteiger partial charge in [-0.3, -0.25) is 0 Å². The summed E-state index contributed by atoms with van der Waals surface area (Å²) in [6, 6.07) is 0. The number of hydrogen-bond donors (Lipinski definition) is 1. The van der Waals surface area contributed by atoms with Crippen molar-refractivity contribution in [3.63, 3.8) is 0 Å². The first-order valence-corrected chi connectivity index (χ1v) is 3.47. The minimum absolute atomic E-state index is 0.645. The van der Waals surface area contributed by atoms with Crippen molar-refractivity contribution in [2.75, 3.05) is 6.26 Å². The third-order valence-corrected chi connectivity index (χ3v) is 0.788. The van der Waals surface area contributed by atoms with Crippen molar-refractivity contribution in [2.45, 2.75) is 0 Å². The van der Waals surface area contributed by atoms with Gasteiger partial charge in [0.2, 0.25) is 10.0 Å². The summed E-state index contributed by atoms with van der Waals surface area (Å²) in [5, 5.41) is 0. The van der Waals surface area contributed by atoms with E-state index in [2.05, 4.69) is 0 Å². The van der Waals surface area contributed by atoms with Crippen LogP contribution in [0.5, 0.6) is 0 Å². The van der Waals surface area contributed by atoms with Crippen LogP contribution in [0.2, 0.25) is 0 Å².